The summed E-state index contributed by atoms with van der Waals surface area (Å²) in [6, 6.07) is 13.8. The van der Waals surface area contributed by atoms with Crippen molar-refractivity contribution in [3.05, 3.63) is 111 Å². The van der Waals surface area contributed by atoms with Gasteiger partial charge in [-0.25, -0.2) is 26.4 Å². The quantitative estimate of drug-likeness (QED) is 0.188. The van der Waals surface area contributed by atoms with Gasteiger partial charge in [-0.05, 0) is 47.4 Å². The number of hydrogen-bond acceptors (Lipinski definition) is 11. The average Bonchev–Trinajstić information content (AvgIpc) is 3.65. The summed E-state index contributed by atoms with van der Waals surface area (Å²) >= 11 is 11.7. The molecule has 22 heteroatoms. The lowest BCUT2D eigenvalue weighted by atomic mass is 10.2. The zero-order valence-corrected chi connectivity index (χ0v) is 34.3. The van der Waals surface area contributed by atoms with Gasteiger partial charge in [-0.1, -0.05) is 75.2 Å². The van der Waals surface area contributed by atoms with Crippen LogP contribution in [0.3, 0.4) is 0 Å². The second-order valence-corrected chi connectivity index (χ2v) is 18.3. The van der Waals surface area contributed by atoms with E-state index in [9.17, 15) is 36.0 Å². The van der Waals surface area contributed by atoms with Gasteiger partial charge in [0, 0.05) is 34.8 Å². The first-order chi connectivity index (χ1) is 25.5. The smallest absolute Gasteiger partial charge is 0.328 e. The standard InChI is InChI=1S/C17H19ClN4O4S.C13H10Cl2N4O4S.C3H9N/c1-10(2)9-27(25,26)17-19-14-13(15(23)20-16(24)21(14)3)22(17)8-11-4-6-12(18)7-5-11;1-18-10-9(11(20)17-12(18)21)19(13(16-10)24(15,22)23)6-7-2-4-8(14)5-3-7;1-3(2)4/h4-7,10H,8-9H2,1-3H3,(H,20,23,24);2-5H,6H2,1H3,(H,17,20,21);3H,4H2,1-2H3. The van der Waals surface area contributed by atoms with Crippen LogP contribution in [0.1, 0.15) is 38.8 Å². The van der Waals surface area contributed by atoms with Crippen molar-refractivity contribution >= 4 is 75.1 Å². The summed E-state index contributed by atoms with van der Waals surface area (Å²) in [5, 5.41) is 0.315. The third kappa shape index (κ3) is 10.2. The van der Waals surface area contributed by atoms with Gasteiger partial charge in [0.1, 0.15) is 0 Å². The molecule has 0 saturated heterocycles. The molecule has 296 valence electrons. The summed E-state index contributed by atoms with van der Waals surface area (Å²) < 4.78 is 54.1. The number of rotatable bonds is 8. The van der Waals surface area contributed by atoms with E-state index in [1.807, 2.05) is 13.8 Å². The van der Waals surface area contributed by atoms with Crippen LogP contribution >= 0.6 is 33.9 Å². The van der Waals surface area contributed by atoms with Crippen molar-refractivity contribution in [1.82, 2.24) is 38.2 Å². The van der Waals surface area contributed by atoms with Crippen molar-refractivity contribution in [2.75, 3.05) is 5.75 Å². The number of nitrogens with zero attached hydrogens (tertiary/aromatic N) is 6. The van der Waals surface area contributed by atoms with E-state index < -0.39 is 46.5 Å². The maximum atomic E-state index is 12.9. The predicted molar refractivity (Wildman–Crippen MR) is 212 cm³/mol. The average molecular weight is 859 g/mol. The Morgan fingerprint density at radius 1 is 0.673 bits per heavy atom. The van der Waals surface area contributed by atoms with E-state index in [1.165, 1.54) is 18.7 Å². The molecule has 0 radical (unpaired) electrons. The highest BCUT2D eigenvalue weighted by molar-refractivity contribution is 8.13. The maximum Gasteiger partial charge on any atom is 0.329 e. The molecule has 0 unspecified atom stereocenters. The van der Waals surface area contributed by atoms with E-state index in [-0.39, 0.29) is 52.2 Å². The molecule has 2 aromatic carbocycles. The first-order valence-corrected chi connectivity index (χ1v) is 21.0. The number of aryl methyl sites for hydroxylation is 2. The number of aromatic amines is 2. The molecular formula is C33H38Cl3N9O8S2. The van der Waals surface area contributed by atoms with E-state index in [0.29, 0.717) is 21.7 Å². The van der Waals surface area contributed by atoms with Crippen molar-refractivity contribution in [3.63, 3.8) is 0 Å². The first-order valence-electron chi connectivity index (χ1n) is 16.3. The lowest BCUT2D eigenvalue weighted by Crippen LogP contribution is -2.29. The number of sulfone groups is 1. The fourth-order valence-electron chi connectivity index (χ4n) is 5.20. The Hall–Kier alpha value is -4.53. The molecule has 0 spiro atoms. The van der Waals surface area contributed by atoms with Crippen LogP contribution in [-0.2, 0) is 46.1 Å². The van der Waals surface area contributed by atoms with Crippen molar-refractivity contribution in [2.45, 2.75) is 57.1 Å². The third-order valence-electron chi connectivity index (χ3n) is 7.50. The Balaban J connectivity index is 0.000000224. The molecule has 55 heavy (non-hydrogen) atoms. The topological polar surface area (TPSA) is 240 Å². The molecule has 4 heterocycles. The number of aromatic nitrogens is 8. The number of imidazole rings is 2. The van der Waals surface area contributed by atoms with Gasteiger partial charge in [0.05, 0.1) is 18.8 Å². The van der Waals surface area contributed by atoms with Crippen molar-refractivity contribution < 1.29 is 16.8 Å². The predicted octanol–water partition coefficient (Wildman–Crippen LogP) is 2.96. The molecule has 0 bridgehead atoms. The number of halogens is 3. The van der Waals surface area contributed by atoms with Crippen molar-refractivity contribution in [1.29, 1.82) is 0 Å². The summed E-state index contributed by atoms with van der Waals surface area (Å²) in [6.45, 7) is 7.57. The second-order valence-electron chi connectivity index (χ2n) is 13.1. The van der Waals surface area contributed by atoms with Crippen molar-refractivity contribution in [3.8, 4) is 0 Å². The summed E-state index contributed by atoms with van der Waals surface area (Å²) in [5.74, 6) is -0.246. The molecule has 0 saturated carbocycles. The number of H-pyrrole nitrogens is 2. The lowest BCUT2D eigenvalue weighted by Gasteiger charge is -2.11. The van der Waals surface area contributed by atoms with Gasteiger partial charge < -0.3 is 14.9 Å². The van der Waals surface area contributed by atoms with Crippen LogP contribution < -0.4 is 28.2 Å². The van der Waals surface area contributed by atoms with Crippen LogP contribution in [0.5, 0.6) is 0 Å². The maximum absolute atomic E-state index is 12.9. The number of nitrogens with two attached hydrogens (primary N) is 1. The summed E-state index contributed by atoms with van der Waals surface area (Å²) in [6.07, 6.45) is 0. The SMILES string of the molecule is CC(C)CS(=O)(=O)c1nc2c(c(=O)[nH]c(=O)n2C)n1Cc1ccc(Cl)cc1.CC(C)N.Cn1c(=O)[nH]c(=O)c2c1nc(S(=O)(=O)Cl)n2Cc1ccc(Cl)cc1. The van der Waals surface area contributed by atoms with Gasteiger partial charge in [-0.2, -0.15) is 9.97 Å². The molecule has 0 aliphatic rings. The zero-order chi connectivity index (χ0) is 41.2. The second kappa shape index (κ2) is 17.1. The molecular weight excluding hydrogens is 821 g/mol. The summed E-state index contributed by atoms with van der Waals surface area (Å²) in [5.41, 5.74) is 3.67. The van der Waals surface area contributed by atoms with Crippen LogP contribution in [0.25, 0.3) is 22.3 Å². The van der Waals surface area contributed by atoms with Gasteiger partial charge >= 0.3 is 11.4 Å². The summed E-state index contributed by atoms with van der Waals surface area (Å²) in [4.78, 5) is 60.5. The Morgan fingerprint density at radius 3 is 1.36 bits per heavy atom. The van der Waals surface area contributed by atoms with E-state index in [2.05, 4.69) is 19.9 Å². The monoisotopic (exact) mass is 857 g/mol. The number of hydrogen-bond donors (Lipinski definition) is 3. The minimum absolute atomic E-state index is 0.0102. The highest BCUT2D eigenvalue weighted by Gasteiger charge is 2.28. The van der Waals surface area contributed by atoms with Gasteiger partial charge in [0.2, 0.25) is 20.2 Å². The van der Waals surface area contributed by atoms with Gasteiger partial charge in [-0.15, -0.1) is 0 Å². The Bertz CT molecular complexity index is 2820. The summed E-state index contributed by atoms with van der Waals surface area (Å²) in [7, 11) is 0.226. The molecule has 6 rings (SSSR count). The van der Waals surface area contributed by atoms with Gasteiger partial charge in [0.25, 0.3) is 20.2 Å². The molecule has 0 fully saturated rings. The van der Waals surface area contributed by atoms with Crippen LogP contribution in [0, 0.1) is 5.92 Å². The fourth-order valence-corrected chi connectivity index (χ4v) is 8.17. The van der Waals surface area contributed by atoms with Crippen LogP contribution in [-0.4, -0.2) is 66.8 Å². The molecule has 4 aromatic heterocycles. The molecule has 17 nitrogen and oxygen atoms in total. The Labute approximate surface area is 328 Å². The number of nitrogens with one attached hydrogen (secondary N) is 2. The highest BCUT2D eigenvalue weighted by Crippen LogP contribution is 2.23. The van der Waals surface area contributed by atoms with Gasteiger partial charge in [-0.3, -0.25) is 28.7 Å². The molecule has 0 amide bonds. The van der Waals surface area contributed by atoms with Crippen LogP contribution in [0.2, 0.25) is 10.0 Å². The first kappa shape index (κ1) is 43.2. The molecule has 0 aliphatic heterocycles. The van der Waals surface area contributed by atoms with Crippen LogP contribution in [0.15, 0.2) is 78.0 Å². The number of fused-ring (bicyclic) bond motifs is 2. The molecule has 4 N–H and O–H groups in total. The minimum atomic E-state index is -4.24. The lowest BCUT2D eigenvalue weighted by molar-refractivity contribution is 0.562. The molecule has 0 aliphatic carbocycles. The number of benzene rings is 2. The highest BCUT2D eigenvalue weighted by atomic mass is 35.7. The molecule has 0 atom stereocenters. The van der Waals surface area contributed by atoms with E-state index in [0.717, 1.165) is 19.3 Å². The van der Waals surface area contributed by atoms with E-state index in [4.69, 9.17) is 39.6 Å². The largest absolute Gasteiger partial charge is 0.329 e. The van der Waals surface area contributed by atoms with Crippen LogP contribution in [0.4, 0.5) is 0 Å². The third-order valence-corrected chi connectivity index (χ3v) is 11.1. The van der Waals surface area contributed by atoms with Gasteiger partial charge in [0.15, 0.2) is 22.3 Å². The minimum Gasteiger partial charge on any atom is -0.328 e. The normalized spacial score (nSPS) is 11.9. The van der Waals surface area contributed by atoms with E-state index in [1.54, 1.807) is 62.4 Å². The van der Waals surface area contributed by atoms with E-state index >= 15 is 0 Å². The Morgan fingerprint density at radius 2 is 1.02 bits per heavy atom. The fraction of sp³-hybridized carbons (Fsp3) is 0.333. The van der Waals surface area contributed by atoms with Crippen molar-refractivity contribution in [2.24, 2.45) is 25.7 Å². The zero-order valence-electron chi connectivity index (χ0n) is 30.4. The molecule has 6 aromatic rings. The Kier molecular flexibility index (Phi) is 13.4.